The van der Waals surface area contributed by atoms with Crippen LogP contribution in [0.2, 0.25) is 0 Å². The predicted molar refractivity (Wildman–Crippen MR) is 66.7 cm³/mol. The van der Waals surface area contributed by atoms with Crippen molar-refractivity contribution in [2.45, 2.75) is 12.5 Å². The molecular formula is C15H13FO2. The van der Waals surface area contributed by atoms with Gasteiger partial charge in [-0.15, -0.1) is 0 Å². The Labute approximate surface area is 105 Å². The molecule has 0 aliphatic heterocycles. The van der Waals surface area contributed by atoms with Gasteiger partial charge in [-0.25, -0.2) is 4.39 Å². The average molecular weight is 244 g/mol. The third-order valence-corrected chi connectivity index (χ3v) is 2.73. The lowest BCUT2D eigenvalue weighted by atomic mass is 10.0. The van der Waals surface area contributed by atoms with Crippen molar-refractivity contribution in [3.05, 3.63) is 71.5 Å². The highest BCUT2D eigenvalue weighted by Gasteiger charge is 2.14. The Bertz CT molecular complexity index is 520. The van der Waals surface area contributed by atoms with Crippen LogP contribution in [0.3, 0.4) is 0 Å². The van der Waals surface area contributed by atoms with E-state index in [2.05, 4.69) is 0 Å². The molecule has 0 spiro atoms. The summed E-state index contributed by atoms with van der Waals surface area (Å²) in [4.78, 5) is 11.9. The van der Waals surface area contributed by atoms with E-state index in [1.54, 1.807) is 24.3 Å². The van der Waals surface area contributed by atoms with Gasteiger partial charge in [0.15, 0.2) is 5.78 Å². The van der Waals surface area contributed by atoms with Gasteiger partial charge in [0.05, 0.1) is 6.10 Å². The Hall–Kier alpha value is -2.00. The minimum Gasteiger partial charge on any atom is -0.388 e. The van der Waals surface area contributed by atoms with Crippen LogP contribution in [0.25, 0.3) is 0 Å². The molecule has 0 amide bonds. The fraction of sp³-hybridized carbons (Fsp3) is 0.133. The minimum absolute atomic E-state index is 0.00432. The number of aliphatic hydroxyl groups is 1. The number of halogens is 1. The van der Waals surface area contributed by atoms with Crippen LogP contribution in [0.5, 0.6) is 0 Å². The van der Waals surface area contributed by atoms with Gasteiger partial charge in [-0.1, -0.05) is 30.3 Å². The molecule has 18 heavy (non-hydrogen) atoms. The fourth-order valence-corrected chi connectivity index (χ4v) is 1.72. The molecule has 0 heterocycles. The maximum Gasteiger partial charge on any atom is 0.165 e. The fourth-order valence-electron chi connectivity index (χ4n) is 1.72. The third-order valence-electron chi connectivity index (χ3n) is 2.73. The number of benzene rings is 2. The van der Waals surface area contributed by atoms with Crippen LogP contribution in [-0.2, 0) is 0 Å². The summed E-state index contributed by atoms with van der Waals surface area (Å²) in [6.07, 6.45) is -0.834. The van der Waals surface area contributed by atoms with E-state index in [9.17, 15) is 14.3 Å². The van der Waals surface area contributed by atoms with E-state index < -0.39 is 6.10 Å². The lowest BCUT2D eigenvalue weighted by Gasteiger charge is -2.09. The molecular weight excluding hydrogens is 231 g/mol. The Morgan fingerprint density at radius 2 is 1.67 bits per heavy atom. The summed E-state index contributed by atoms with van der Waals surface area (Å²) >= 11 is 0. The molecule has 0 fully saturated rings. The highest BCUT2D eigenvalue weighted by molar-refractivity contribution is 5.96. The van der Waals surface area contributed by atoms with Crippen LogP contribution < -0.4 is 0 Å². The van der Waals surface area contributed by atoms with E-state index in [0.717, 1.165) is 0 Å². The molecule has 2 aromatic rings. The van der Waals surface area contributed by atoms with Crippen molar-refractivity contribution < 1.29 is 14.3 Å². The van der Waals surface area contributed by atoms with Gasteiger partial charge in [0, 0.05) is 12.0 Å². The zero-order valence-corrected chi connectivity index (χ0v) is 9.71. The highest BCUT2D eigenvalue weighted by Crippen LogP contribution is 2.18. The molecule has 0 saturated carbocycles. The van der Waals surface area contributed by atoms with Gasteiger partial charge >= 0.3 is 0 Å². The summed E-state index contributed by atoms with van der Waals surface area (Å²) in [6.45, 7) is 0. The molecule has 0 unspecified atom stereocenters. The van der Waals surface area contributed by atoms with E-state index in [0.29, 0.717) is 11.1 Å². The van der Waals surface area contributed by atoms with Crippen LogP contribution in [0.15, 0.2) is 54.6 Å². The summed E-state index contributed by atoms with van der Waals surface area (Å²) < 4.78 is 12.7. The third kappa shape index (κ3) is 3.02. The smallest absolute Gasteiger partial charge is 0.165 e. The monoisotopic (exact) mass is 244 g/mol. The van der Waals surface area contributed by atoms with Crippen LogP contribution in [-0.4, -0.2) is 10.9 Å². The first kappa shape index (κ1) is 12.5. The van der Waals surface area contributed by atoms with Gasteiger partial charge in [0.1, 0.15) is 5.82 Å². The largest absolute Gasteiger partial charge is 0.388 e. The number of hydrogen-bond acceptors (Lipinski definition) is 2. The number of carbonyl (C=O) groups is 1. The van der Waals surface area contributed by atoms with Gasteiger partial charge < -0.3 is 5.11 Å². The van der Waals surface area contributed by atoms with E-state index >= 15 is 0 Å². The molecule has 0 aliphatic rings. The Morgan fingerprint density at radius 3 is 2.28 bits per heavy atom. The van der Waals surface area contributed by atoms with Crippen LogP contribution in [0.4, 0.5) is 4.39 Å². The van der Waals surface area contributed by atoms with Crippen LogP contribution >= 0.6 is 0 Å². The molecule has 0 aromatic heterocycles. The number of ketones is 1. The molecule has 0 radical (unpaired) electrons. The van der Waals surface area contributed by atoms with Crippen LogP contribution in [0.1, 0.15) is 28.4 Å². The van der Waals surface area contributed by atoms with E-state index in [-0.39, 0.29) is 18.0 Å². The molecule has 3 heteroatoms. The molecule has 0 saturated heterocycles. The number of carbonyl (C=O) groups excluding carboxylic acids is 1. The zero-order valence-electron chi connectivity index (χ0n) is 9.71. The van der Waals surface area contributed by atoms with Crippen molar-refractivity contribution in [3.63, 3.8) is 0 Å². The molecule has 0 bridgehead atoms. The minimum atomic E-state index is -0.830. The maximum atomic E-state index is 12.7. The van der Waals surface area contributed by atoms with Crippen LogP contribution in [0, 0.1) is 5.82 Å². The topological polar surface area (TPSA) is 37.3 Å². The Morgan fingerprint density at radius 1 is 1.06 bits per heavy atom. The zero-order chi connectivity index (χ0) is 13.0. The summed E-state index contributed by atoms with van der Waals surface area (Å²) in [5, 5.41) is 9.91. The van der Waals surface area contributed by atoms with Gasteiger partial charge in [0.2, 0.25) is 0 Å². The number of Topliss-reactive ketones (excluding diaryl/α,β-unsaturated/α-hetero) is 1. The maximum absolute atomic E-state index is 12.7. The van der Waals surface area contributed by atoms with Crippen molar-refractivity contribution in [2.24, 2.45) is 0 Å². The first-order chi connectivity index (χ1) is 8.66. The standard InChI is InChI=1S/C15H13FO2/c16-13-8-6-12(7-9-13)15(18)10-14(17)11-4-2-1-3-5-11/h1-9,14,17H,10H2/t14-/m1/s1. The predicted octanol–water partition coefficient (Wildman–Crippen LogP) is 3.13. The van der Waals surface area contributed by atoms with Crippen molar-refractivity contribution in [1.29, 1.82) is 0 Å². The second kappa shape index (κ2) is 5.56. The van der Waals surface area contributed by atoms with Crippen molar-refractivity contribution in [1.82, 2.24) is 0 Å². The second-order valence-electron chi connectivity index (χ2n) is 4.06. The number of hydrogen-bond donors (Lipinski definition) is 1. The van der Waals surface area contributed by atoms with E-state index in [4.69, 9.17) is 0 Å². The first-order valence-electron chi connectivity index (χ1n) is 5.68. The normalized spacial score (nSPS) is 12.1. The Kier molecular flexibility index (Phi) is 3.85. The lowest BCUT2D eigenvalue weighted by Crippen LogP contribution is -2.07. The van der Waals surface area contributed by atoms with Gasteiger partial charge in [-0.05, 0) is 29.8 Å². The van der Waals surface area contributed by atoms with Crippen molar-refractivity contribution in [2.75, 3.05) is 0 Å². The van der Waals surface area contributed by atoms with Gasteiger partial charge in [0.25, 0.3) is 0 Å². The molecule has 92 valence electrons. The highest BCUT2D eigenvalue weighted by atomic mass is 19.1. The molecule has 2 aromatic carbocycles. The lowest BCUT2D eigenvalue weighted by molar-refractivity contribution is 0.0880. The second-order valence-corrected chi connectivity index (χ2v) is 4.06. The molecule has 1 atom stereocenters. The van der Waals surface area contributed by atoms with E-state index in [1.165, 1.54) is 24.3 Å². The summed E-state index contributed by atoms with van der Waals surface area (Å²) in [5.74, 6) is -0.582. The number of aliphatic hydroxyl groups excluding tert-OH is 1. The summed E-state index contributed by atoms with van der Waals surface area (Å²) in [7, 11) is 0. The number of rotatable bonds is 4. The SMILES string of the molecule is O=C(C[C@@H](O)c1ccccc1)c1ccc(F)cc1. The van der Waals surface area contributed by atoms with Crippen molar-refractivity contribution >= 4 is 5.78 Å². The molecule has 0 aliphatic carbocycles. The molecule has 1 N–H and O–H groups in total. The molecule has 2 nitrogen and oxygen atoms in total. The van der Waals surface area contributed by atoms with E-state index in [1.807, 2.05) is 6.07 Å². The first-order valence-corrected chi connectivity index (χ1v) is 5.68. The average Bonchev–Trinajstić information content (AvgIpc) is 2.40. The van der Waals surface area contributed by atoms with Gasteiger partial charge in [-0.2, -0.15) is 0 Å². The quantitative estimate of drug-likeness (QED) is 0.839. The Balaban J connectivity index is 2.06. The van der Waals surface area contributed by atoms with Gasteiger partial charge in [-0.3, -0.25) is 4.79 Å². The summed E-state index contributed by atoms with van der Waals surface area (Å²) in [6, 6.07) is 14.3. The van der Waals surface area contributed by atoms with Crippen molar-refractivity contribution in [3.8, 4) is 0 Å². The summed E-state index contributed by atoms with van der Waals surface area (Å²) in [5.41, 5.74) is 1.11. The molecule has 2 rings (SSSR count).